The van der Waals surface area contributed by atoms with Gasteiger partial charge in [-0.1, -0.05) is 12.1 Å². The number of halogens is 1. The topological polar surface area (TPSA) is 35.2 Å². The van der Waals surface area contributed by atoms with Crippen LogP contribution in [0.3, 0.4) is 0 Å². The third-order valence-corrected chi connectivity index (χ3v) is 3.12. The molecule has 0 aliphatic carbocycles. The van der Waals surface area contributed by atoms with Gasteiger partial charge < -0.3 is 10.5 Å². The van der Waals surface area contributed by atoms with Crippen LogP contribution in [0.5, 0.6) is 5.75 Å². The Hall–Kier alpha value is -2.03. The zero-order valence-corrected chi connectivity index (χ0v) is 11.5. The molecule has 0 amide bonds. The lowest BCUT2D eigenvalue weighted by molar-refractivity contribution is 0.305. The average Bonchev–Trinajstić information content (AvgIpc) is 2.30. The quantitative estimate of drug-likeness (QED) is 0.848. The molecule has 2 aromatic carbocycles. The summed E-state index contributed by atoms with van der Waals surface area (Å²) in [6.07, 6.45) is 0. The number of ether oxygens (including phenoxy) is 1. The van der Waals surface area contributed by atoms with Crippen molar-refractivity contribution in [2.45, 2.75) is 27.4 Å². The molecule has 0 aromatic heterocycles. The Morgan fingerprint density at radius 2 is 1.79 bits per heavy atom. The minimum atomic E-state index is -0.229. The van der Waals surface area contributed by atoms with Crippen molar-refractivity contribution < 1.29 is 9.13 Å². The summed E-state index contributed by atoms with van der Waals surface area (Å²) in [5.74, 6) is 0.474. The number of rotatable bonds is 3. The highest BCUT2D eigenvalue weighted by molar-refractivity contribution is 5.58. The molecule has 3 heteroatoms. The molecule has 0 spiro atoms. The van der Waals surface area contributed by atoms with Crippen LogP contribution >= 0.6 is 0 Å². The first kappa shape index (κ1) is 13.4. The predicted molar refractivity (Wildman–Crippen MR) is 75.8 cm³/mol. The van der Waals surface area contributed by atoms with Crippen molar-refractivity contribution in [2.75, 3.05) is 5.73 Å². The van der Waals surface area contributed by atoms with Gasteiger partial charge in [-0.25, -0.2) is 4.39 Å². The molecule has 0 saturated carbocycles. The van der Waals surface area contributed by atoms with Gasteiger partial charge in [0.2, 0.25) is 0 Å². The van der Waals surface area contributed by atoms with Gasteiger partial charge in [0.25, 0.3) is 0 Å². The van der Waals surface area contributed by atoms with E-state index < -0.39 is 0 Å². The molecular weight excluding hydrogens is 241 g/mol. The predicted octanol–water partition coefficient (Wildman–Crippen LogP) is 3.91. The molecular formula is C16H18FNO. The second kappa shape index (κ2) is 5.31. The Morgan fingerprint density at radius 3 is 2.42 bits per heavy atom. The van der Waals surface area contributed by atoms with Crippen molar-refractivity contribution in [3.63, 3.8) is 0 Å². The van der Waals surface area contributed by atoms with Crippen LogP contribution in [0.4, 0.5) is 10.1 Å². The van der Waals surface area contributed by atoms with E-state index in [0.717, 1.165) is 22.3 Å². The highest BCUT2D eigenvalue weighted by Gasteiger charge is 2.07. The van der Waals surface area contributed by atoms with Gasteiger partial charge in [0.15, 0.2) is 0 Å². The second-order valence-corrected chi connectivity index (χ2v) is 4.86. The molecule has 0 fully saturated rings. The zero-order chi connectivity index (χ0) is 14.0. The van der Waals surface area contributed by atoms with E-state index in [1.165, 1.54) is 12.1 Å². The van der Waals surface area contributed by atoms with Crippen LogP contribution in [-0.2, 0) is 6.61 Å². The van der Waals surface area contributed by atoms with E-state index in [1.54, 1.807) is 6.07 Å². The summed E-state index contributed by atoms with van der Waals surface area (Å²) in [4.78, 5) is 0. The first-order chi connectivity index (χ1) is 8.97. The maximum Gasteiger partial charge on any atom is 0.145 e. The van der Waals surface area contributed by atoms with Crippen LogP contribution < -0.4 is 10.5 Å². The van der Waals surface area contributed by atoms with Crippen LogP contribution in [0.1, 0.15) is 22.3 Å². The standard InChI is InChI=1S/C16H18FNO/c1-10-6-12(3)16(15(18)7-10)19-9-13-4-5-14(17)8-11(13)2/h4-8H,9,18H2,1-3H3. The minimum absolute atomic E-state index is 0.229. The Labute approximate surface area is 113 Å². The summed E-state index contributed by atoms with van der Waals surface area (Å²) in [6, 6.07) is 8.61. The molecule has 2 rings (SSSR count). The summed E-state index contributed by atoms with van der Waals surface area (Å²) in [7, 11) is 0. The van der Waals surface area contributed by atoms with E-state index in [1.807, 2.05) is 32.9 Å². The first-order valence-corrected chi connectivity index (χ1v) is 6.22. The highest BCUT2D eigenvalue weighted by atomic mass is 19.1. The normalized spacial score (nSPS) is 10.5. The lowest BCUT2D eigenvalue weighted by atomic mass is 10.1. The molecule has 0 aliphatic heterocycles. The van der Waals surface area contributed by atoms with Crippen molar-refractivity contribution >= 4 is 5.69 Å². The van der Waals surface area contributed by atoms with Gasteiger partial charge >= 0.3 is 0 Å². The Bertz CT molecular complexity index is 585. The number of aryl methyl sites for hydroxylation is 3. The van der Waals surface area contributed by atoms with Gasteiger partial charge in [-0.15, -0.1) is 0 Å². The molecule has 0 radical (unpaired) electrons. The zero-order valence-electron chi connectivity index (χ0n) is 11.5. The maximum absolute atomic E-state index is 13.0. The summed E-state index contributed by atoms with van der Waals surface area (Å²) in [5.41, 5.74) is 10.6. The van der Waals surface area contributed by atoms with Crippen molar-refractivity contribution in [3.05, 3.63) is 58.4 Å². The van der Waals surface area contributed by atoms with Gasteiger partial charge in [0, 0.05) is 0 Å². The molecule has 0 atom stereocenters. The number of nitrogens with two attached hydrogens (primary N) is 1. The number of benzene rings is 2. The minimum Gasteiger partial charge on any atom is -0.486 e. The third kappa shape index (κ3) is 3.05. The number of hydrogen-bond acceptors (Lipinski definition) is 2. The Morgan fingerprint density at radius 1 is 1.05 bits per heavy atom. The SMILES string of the molecule is Cc1cc(C)c(OCc2ccc(F)cc2C)c(N)c1. The van der Waals surface area contributed by atoms with Crippen molar-refractivity contribution in [1.29, 1.82) is 0 Å². The molecule has 0 unspecified atom stereocenters. The van der Waals surface area contributed by atoms with E-state index >= 15 is 0 Å². The monoisotopic (exact) mass is 259 g/mol. The van der Waals surface area contributed by atoms with Crippen LogP contribution in [-0.4, -0.2) is 0 Å². The fourth-order valence-corrected chi connectivity index (χ4v) is 2.16. The molecule has 0 saturated heterocycles. The molecule has 0 heterocycles. The van der Waals surface area contributed by atoms with E-state index in [0.29, 0.717) is 18.0 Å². The van der Waals surface area contributed by atoms with Gasteiger partial charge in [-0.05, 0) is 61.2 Å². The highest BCUT2D eigenvalue weighted by Crippen LogP contribution is 2.28. The van der Waals surface area contributed by atoms with Gasteiger partial charge in [-0.3, -0.25) is 0 Å². The van der Waals surface area contributed by atoms with Crippen LogP contribution in [0, 0.1) is 26.6 Å². The van der Waals surface area contributed by atoms with E-state index in [2.05, 4.69) is 0 Å². The summed E-state index contributed by atoms with van der Waals surface area (Å²) in [5, 5.41) is 0. The first-order valence-electron chi connectivity index (χ1n) is 6.22. The smallest absolute Gasteiger partial charge is 0.145 e. The Balaban J connectivity index is 2.19. The second-order valence-electron chi connectivity index (χ2n) is 4.86. The lowest BCUT2D eigenvalue weighted by Crippen LogP contribution is -2.02. The van der Waals surface area contributed by atoms with E-state index in [9.17, 15) is 4.39 Å². The summed E-state index contributed by atoms with van der Waals surface area (Å²) in [6.45, 7) is 6.22. The van der Waals surface area contributed by atoms with Crippen molar-refractivity contribution in [2.24, 2.45) is 0 Å². The van der Waals surface area contributed by atoms with E-state index in [4.69, 9.17) is 10.5 Å². The lowest BCUT2D eigenvalue weighted by Gasteiger charge is -2.14. The fraction of sp³-hybridized carbons (Fsp3) is 0.250. The molecule has 2 nitrogen and oxygen atoms in total. The molecule has 2 aromatic rings. The van der Waals surface area contributed by atoms with Gasteiger partial charge in [0.1, 0.15) is 18.2 Å². The average molecular weight is 259 g/mol. The Kier molecular flexibility index (Phi) is 3.74. The van der Waals surface area contributed by atoms with Crippen LogP contribution in [0.2, 0.25) is 0 Å². The van der Waals surface area contributed by atoms with Gasteiger partial charge in [-0.2, -0.15) is 0 Å². The molecule has 19 heavy (non-hydrogen) atoms. The molecule has 100 valence electrons. The van der Waals surface area contributed by atoms with Crippen molar-refractivity contribution in [1.82, 2.24) is 0 Å². The molecule has 2 N–H and O–H groups in total. The summed E-state index contributed by atoms with van der Waals surface area (Å²) >= 11 is 0. The largest absolute Gasteiger partial charge is 0.486 e. The van der Waals surface area contributed by atoms with Crippen LogP contribution in [0.25, 0.3) is 0 Å². The van der Waals surface area contributed by atoms with Crippen LogP contribution in [0.15, 0.2) is 30.3 Å². The molecule has 0 aliphatic rings. The number of hydrogen-bond donors (Lipinski definition) is 1. The number of nitrogen functional groups attached to an aromatic ring is 1. The third-order valence-electron chi connectivity index (χ3n) is 3.12. The fourth-order valence-electron chi connectivity index (χ4n) is 2.16. The maximum atomic E-state index is 13.0. The number of anilines is 1. The summed E-state index contributed by atoms with van der Waals surface area (Å²) < 4.78 is 18.8. The van der Waals surface area contributed by atoms with Gasteiger partial charge in [0.05, 0.1) is 5.69 Å². The van der Waals surface area contributed by atoms with Crippen molar-refractivity contribution in [3.8, 4) is 5.75 Å². The van der Waals surface area contributed by atoms with E-state index in [-0.39, 0.29) is 5.82 Å². The molecule has 0 bridgehead atoms.